The van der Waals surface area contributed by atoms with E-state index in [4.69, 9.17) is 0 Å². The number of amides is 8. The number of nitrogens with one attached hydrogen (secondary N) is 2. The van der Waals surface area contributed by atoms with Gasteiger partial charge in [0.2, 0.25) is 11.8 Å². The summed E-state index contributed by atoms with van der Waals surface area (Å²) in [5, 5.41) is 6.35. The Labute approximate surface area is 395 Å². The maximum atomic E-state index is 16.1. The van der Waals surface area contributed by atoms with Crippen LogP contribution in [-0.2, 0) is 19.2 Å². The SMILES string of the molecule is CC(C)c1cccc(C(C)C)c1NC(=O)C(C(C(=O)Nc1c(C(C)C)cccc1C(C)C)N1C(=O)N(c2ccccc2)C2(CCCC2)C1=O)N1C(=O)N(c2ccccc2)C2(CCCCC2)C1=O. The summed E-state index contributed by atoms with van der Waals surface area (Å²) in [5.41, 5.74) is 2.44. The molecule has 4 aromatic rings. The molecule has 2 heterocycles. The zero-order chi connectivity index (χ0) is 47.9. The van der Waals surface area contributed by atoms with Crippen molar-refractivity contribution in [1.82, 2.24) is 9.80 Å². The second kappa shape index (κ2) is 18.8. The van der Waals surface area contributed by atoms with Crippen molar-refractivity contribution in [3.63, 3.8) is 0 Å². The molecule has 67 heavy (non-hydrogen) atoms. The predicted octanol–water partition coefficient (Wildman–Crippen LogP) is 11.4. The number of carbonyl (C=O) groups excluding carboxylic acids is 6. The molecule has 2 unspecified atom stereocenters. The molecule has 8 rings (SSSR count). The van der Waals surface area contributed by atoms with Gasteiger partial charge in [0.05, 0.1) is 0 Å². The minimum Gasteiger partial charge on any atom is -0.324 e. The first-order valence-electron chi connectivity index (χ1n) is 24.4. The van der Waals surface area contributed by atoms with Crippen LogP contribution >= 0.6 is 0 Å². The van der Waals surface area contributed by atoms with Gasteiger partial charge < -0.3 is 10.6 Å². The van der Waals surface area contributed by atoms with E-state index in [1.807, 2.05) is 104 Å². The van der Waals surface area contributed by atoms with E-state index in [2.05, 4.69) is 10.6 Å². The highest BCUT2D eigenvalue weighted by Crippen LogP contribution is 2.48. The van der Waals surface area contributed by atoms with E-state index in [1.165, 1.54) is 9.80 Å². The topological polar surface area (TPSA) is 139 Å². The van der Waals surface area contributed by atoms with Gasteiger partial charge >= 0.3 is 12.1 Å². The Balaban J connectivity index is 1.40. The van der Waals surface area contributed by atoms with Gasteiger partial charge in [-0.25, -0.2) is 19.4 Å². The average Bonchev–Trinajstić information content (AvgIpc) is 3.93. The Hall–Kier alpha value is -6.30. The number of rotatable bonds is 13. The third-order valence-corrected chi connectivity index (χ3v) is 14.7. The molecule has 2 N–H and O–H groups in total. The number of urea groups is 2. The van der Waals surface area contributed by atoms with Crippen LogP contribution in [0.5, 0.6) is 0 Å². The standard InChI is InChI=1S/C55H66N6O6/c1-34(2)40-26-20-27-41(35(3)4)44(40)56-48(62)46(58-50(64)54(30-16-11-17-31-54)60(52(58)66)38-22-12-9-13-23-38)47(49(63)57-45-42(36(5)6)28-21-29-43(45)37(7)8)59-51(65)55(32-18-19-33-55)61(53(59)67)39-24-14-10-15-25-39/h9-10,12-15,20-29,34-37,46-47H,11,16-19,30-33H2,1-8H3,(H,56,62)(H,57,63). The zero-order valence-electron chi connectivity index (χ0n) is 40.3. The summed E-state index contributed by atoms with van der Waals surface area (Å²) in [4.78, 5) is 100. The molecule has 4 fully saturated rings. The Bertz CT molecular complexity index is 2490. The largest absolute Gasteiger partial charge is 0.333 e. The lowest BCUT2D eigenvalue weighted by atomic mass is 9.80. The van der Waals surface area contributed by atoms with E-state index in [1.54, 1.807) is 48.5 Å². The van der Waals surface area contributed by atoms with Crippen molar-refractivity contribution < 1.29 is 28.8 Å². The molecule has 0 bridgehead atoms. The minimum absolute atomic E-state index is 0.0637. The molecule has 12 heteroatoms. The molecule has 0 aromatic heterocycles. The lowest BCUT2D eigenvalue weighted by Crippen LogP contribution is -2.65. The Kier molecular flexibility index (Phi) is 13.2. The number of hydrogen-bond acceptors (Lipinski definition) is 6. The number of imide groups is 2. The minimum atomic E-state index is -2.01. The lowest BCUT2D eigenvalue weighted by Gasteiger charge is -2.38. The molecule has 352 valence electrons. The van der Waals surface area contributed by atoms with Crippen molar-refractivity contribution in [2.45, 2.75) is 160 Å². The number of para-hydroxylation sites is 4. The zero-order valence-corrected chi connectivity index (χ0v) is 40.3. The Morgan fingerprint density at radius 2 is 0.731 bits per heavy atom. The molecule has 2 aliphatic heterocycles. The van der Waals surface area contributed by atoms with Gasteiger partial charge in [-0.3, -0.25) is 29.0 Å². The molecule has 2 spiro atoms. The lowest BCUT2D eigenvalue weighted by molar-refractivity contribution is -0.145. The molecule has 2 atom stereocenters. The fourth-order valence-corrected chi connectivity index (χ4v) is 11.3. The third kappa shape index (κ3) is 8.09. The second-order valence-corrected chi connectivity index (χ2v) is 20.2. The third-order valence-electron chi connectivity index (χ3n) is 14.7. The molecular weight excluding hydrogens is 841 g/mol. The summed E-state index contributed by atoms with van der Waals surface area (Å²) < 4.78 is 0. The first kappa shape index (κ1) is 47.2. The van der Waals surface area contributed by atoms with Gasteiger partial charge in [0.1, 0.15) is 11.1 Å². The van der Waals surface area contributed by atoms with Gasteiger partial charge in [-0.2, -0.15) is 0 Å². The molecule has 2 saturated carbocycles. The first-order valence-corrected chi connectivity index (χ1v) is 24.4. The normalized spacial score (nSPS) is 19.0. The van der Waals surface area contributed by atoms with Crippen molar-refractivity contribution in [2.24, 2.45) is 0 Å². The molecule has 12 nitrogen and oxygen atoms in total. The van der Waals surface area contributed by atoms with E-state index in [9.17, 15) is 0 Å². The maximum absolute atomic E-state index is 16.1. The molecule has 4 aliphatic rings. The van der Waals surface area contributed by atoms with E-state index in [-0.39, 0.29) is 23.7 Å². The van der Waals surface area contributed by atoms with Crippen LogP contribution in [0, 0.1) is 0 Å². The van der Waals surface area contributed by atoms with Crippen LogP contribution in [-0.4, -0.2) is 68.7 Å². The van der Waals surface area contributed by atoms with E-state index in [0.29, 0.717) is 74.1 Å². The smallest absolute Gasteiger partial charge is 0.324 e. The maximum Gasteiger partial charge on any atom is 0.333 e. The van der Waals surface area contributed by atoms with E-state index >= 15 is 28.8 Å². The number of hydrogen-bond donors (Lipinski definition) is 2. The average molecular weight is 907 g/mol. The van der Waals surface area contributed by atoms with Crippen molar-refractivity contribution in [3.8, 4) is 0 Å². The van der Waals surface area contributed by atoms with Crippen molar-refractivity contribution >= 4 is 58.4 Å². The highest BCUT2D eigenvalue weighted by atomic mass is 16.2. The van der Waals surface area contributed by atoms with Crippen LogP contribution in [0.1, 0.15) is 159 Å². The summed E-state index contributed by atoms with van der Waals surface area (Å²) >= 11 is 0. The predicted molar refractivity (Wildman–Crippen MR) is 263 cm³/mol. The highest BCUT2D eigenvalue weighted by Gasteiger charge is 2.67. The van der Waals surface area contributed by atoms with Crippen LogP contribution in [0.4, 0.5) is 32.3 Å². The second-order valence-electron chi connectivity index (χ2n) is 20.2. The van der Waals surface area contributed by atoms with Gasteiger partial charge in [0, 0.05) is 22.7 Å². The summed E-state index contributed by atoms with van der Waals surface area (Å²) in [7, 11) is 0. The van der Waals surface area contributed by atoms with E-state index < -0.39 is 58.9 Å². The van der Waals surface area contributed by atoms with Crippen LogP contribution in [0.15, 0.2) is 97.1 Å². The first-order chi connectivity index (χ1) is 32.1. The van der Waals surface area contributed by atoms with Gasteiger partial charge in [-0.05, 0) is 95.9 Å². The number of carbonyl (C=O) groups is 6. The molecule has 2 saturated heterocycles. The van der Waals surface area contributed by atoms with Gasteiger partial charge in [0.25, 0.3) is 11.8 Å². The molecular formula is C55H66N6O6. The number of benzene rings is 4. The Morgan fingerprint density at radius 1 is 0.433 bits per heavy atom. The van der Waals surface area contributed by atoms with E-state index in [0.717, 1.165) is 38.5 Å². The summed E-state index contributed by atoms with van der Waals surface area (Å²) in [5.74, 6) is -3.26. The number of nitrogens with zero attached hydrogens (tertiary/aromatic N) is 4. The number of anilines is 4. The van der Waals surface area contributed by atoms with Gasteiger partial charge in [-0.1, -0.05) is 160 Å². The molecule has 0 radical (unpaired) electrons. The van der Waals surface area contributed by atoms with Crippen LogP contribution in [0.3, 0.4) is 0 Å². The van der Waals surface area contributed by atoms with Crippen molar-refractivity contribution in [3.05, 3.63) is 119 Å². The van der Waals surface area contributed by atoms with Gasteiger partial charge in [-0.15, -0.1) is 0 Å². The highest BCUT2D eigenvalue weighted by molar-refractivity contribution is 6.23. The fraction of sp³-hybridized carbons (Fsp3) is 0.455. The van der Waals surface area contributed by atoms with Crippen LogP contribution in [0.25, 0.3) is 0 Å². The van der Waals surface area contributed by atoms with Crippen molar-refractivity contribution in [1.29, 1.82) is 0 Å². The monoisotopic (exact) mass is 907 g/mol. The summed E-state index contributed by atoms with van der Waals surface area (Å²) in [6.07, 6.45) is 4.77. The fourth-order valence-electron chi connectivity index (χ4n) is 11.3. The molecule has 4 aromatic carbocycles. The summed E-state index contributed by atoms with van der Waals surface area (Å²) in [6.45, 7) is 16.1. The molecule has 2 aliphatic carbocycles. The quantitative estimate of drug-likeness (QED) is 0.128. The van der Waals surface area contributed by atoms with Crippen LogP contribution in [0.2, 0.25) is 0 Å². The Morgan fingerprint density at radius 3 is 1.03 bits per heavy atom. The summed E-state index contributed by atoms with van der Waals surface area (Å²) in [6, 6.07) is 23.8. The van der Waals surface area contributed by atoms with Crippen molar-refractivity contribution in [2.75, 3.05) is 20.4 Å². The molecule has 8 amide bonds. The van der Waals surface area contributed by atoms with Gasteiger partial charge in [0.15, 0.2) is 12.1 Å². The van der Waals surface area contributed by atoms with Crippen LogP contribution < -0.4 is 20.4 Å².